The van der Waals surface area contributed by atoms with Gasteiger partial charge in [0.05, 0.1) is 11.2 Å². The van der Waals surface area contributed by atoms with Gasteiger partial charge in [-0.25, -0.2) is 4.39 Å². The third kappa shape index (κ3) is 3.12. The standard InChI is InChI=1S/C15H21BFNO3/c1-14(2)15(3,4)21-16(20-14)11(9-18)7-10-8-12(19)5-6-13(10)17/h5-8,19H,9,18H2,1-4H3. The van der Waals surface area contributed by atoms with Crippen LogP contribution in [0.25, 0.3) is 6.08 Å². The Bertz CT molecular complexity index is 556. The van der Waals surface area contributed by atoms with Crippen molar-refractivity contribution >= 4 is 13.2 Å². The first kappa shape index (κ1) is 16.0. The van der Waals surface area contributed by atoms with Crippen LogP contribution >= 0.6 is 0 Å². The van der Waals surface area contributed by atoms with Gasteiger partial charge in [-0.3, -0.25) is 0 Å². The van der Waals surface area contributed by atoms with Crippen LogP contribution in [-0.2, 0) is 9.31 Å². The maximum atomic E-state index is 13.8. The van der Waals surface area contributed by atoms with Crippen LogP contribution in [0, 0.1) is 5.82 Å². The second-order valence-electron chi connectivity index (χ2n) is 6.22. The molecule has 114 valence electrons. The van der Waals surface area contributed by atoms with Gasteiger partial charge in [-0.2, -0.15) is 0 Å². The lowest BCUT2D eigenvalue weighted by atomic mass is 9.77. The van der Waals surface area contributed by atoms with Gasteiger partial charge in [-0.05, 0) is 51.4 Å². The fourth-order valence-corrected chi connectivity index (χ4v) is 2.06. The average Bonchev–Trinajstić information content (AvgIpc) is 2.59. The Labute approximate surface area is 124 Å². The van der Waals surface area contributed by atoms with Crippen LogP contribution in [0.5, 0.6) is 5.75 Å². The van der Waals surface area contributed by atoms with Crippen LogP contribution in [0.2, 0.25) is 0 Å². The van der Waals surface area contributed by atoms with E-state index in [1.807, 2.05) is 27.7 Å². The highest BCUT2D eigenvalue weighted by molar-refractivity contribution is 6.55. The van der Waals surface area contributed by atoms with Gasteiger partial charge in [0, 0.05) is 12.1 Å². The molecule has 1 aromatic rings. The summed E-state index contributed by atoms with van der Waals surface area (Å²) in [5, 5.41) is 9.46. The zero-order valence-electron chi connectivity index (χ0n) is 12.8. The lowest BCUT2D eigenvalue weighted by Crippen LogP contribution is -2.41. The van der Waals surface area contributed by atoms with Crippen LogP contribution < -0.4 is 5.73 Å². The molecule has 2 rings (SSSR count). The van der Waals surface area contributed by atoms with Crippen LogP contribution in [0.3, 0.4) is 0 Å². The Balaban J connectivity index is 2.33. The van der Waals surface area contributed by atoms with Gasteiger partial charge < -0.3 is 20.1 Å². The van der Waals surface area contributed by atoms with E-state index in [9.17, 15) is 9.50 Å². The summed E-state index contributed by atoms with van der Waals surface area (Å²) in [6, 6.07) is 3.85. The van der Waals surface area contributed by atoms with Crippen LogP contribution in [0.15, 0.2) is 23.7 Å². The number of phenols is 1. The molecular formula is C15H21BFNO3. The zero-order chi connectivity index (χ0) is 15.8. The molecule has 1 fully saturated rings. The zero-order valence-corrected chi connectivity index (χ0v) is 12.8. The van der Waals surface area contributed by atoms with Crippen molar-refractivity contribution in [3.8, 4) is 5.75 Å². The highest BCUT2D eigenvalue weighted by Gasteiger charge is 2.52. The molecule has 0 aliphatic carbocycles. The van der Waals surface area contributed by atoms with E-state index in [2.05, 4.69) is 0 Å². The second kappa shape index (κ2) is 5.44. The van der Waals surface area contributed by atoms with E-state index in [0.29, 0.717) is 5.47 Å². The summed E-state index contributed by atoms with van der Waals surface area (Å²) in [5.41, 5.74) is 5.66. The van der Waals surface area contributed by atoms with Gasteiger partial charge in [-0.1, -0.05) is 6.08 Å². The molecule has 0 bridgehead atoms. The Morgan fingerprint density at radius 1 is 1.29 bits per heavy atom. The Morgan fingerprint density at radius 3 is 2.38 bits per heavy atom. The number of halogens is 1. The predicted molar refractivity (Wildman–Crippen MR) is 81.2 cm³/mol. The number of aromatic hydroxyl groups is 1. The van der Waals surface area contributed by atoms with E-state index in [0.717, 1.165) is 0 Å². The van der Waals surface area contributed by atoms with Crippen LogP contribution in [-0.4, -0.2) is 30.0 Å². The summed E-state index contributed by atoms with van der Waals surface area (Å²) >= 11 is 0. The van der Waals surface area contributed by atoms with Gasteiger partial charge in [0.25, 0.3) is 0 Å². The third-order valence-electron chi connectivity index (χ3n) is 4.11. The summed E-state index contributed by atoms with van der Waals surface area (Å²) in [4.78, 5) is 0. The first-order valence-corrected chi connectivity index (χ1v) is 6.91. The van der Waals surface area contributed by atoms with E-state index >= 15 is 0 Å². The van der Waals surface area contributed by atoms with Crippen molar-refractivity contribution in [1.82, 2.24) is 0 Å². The molecular weight excluding hydrogens is 272 g/mol. The average molecular weight is 293 g/mol. The van der Waals surface area contributed by atoms with Gasteiger partial charge in [0.15, 0.2) is 0 Å². The van der Waals surface area contributed by atoms with E-state index < -0.39 is 24.1 Å². The summed E-state index contributed by atoms with van der Waals surface area (Å²) in [6.07, 6.45) is 1.57. The molecule has 3 N–H and O–H groups in total. The molecule has 0 radical (unpaired) electrons. The Morgan fingerprint density at radius 2 is 1.86 bits per heavy atom. The molecule has 6 heteroatoms. The van der Waals surface area contributed by atoms with E-state index in [1.54, 1.807) is 6.08 Å². The minimum atomic E-state index is -0.623. The normalized spacial score (nSPS) is 20.9. The molecule has 0 atom stereocenters. The molecule has 1 heterocycles. The molecule has 1 aliphatic rings. The largest absolute Gasteiger partial charge is 0.508 e. The SMILES string of the molecule is CC1(C)OB(C(=Cc2cc(O)ccc2F)CN)OC1(C)C. The predicted octanol–water partition coefficient (Wildman–Crippen LogP) is 2.50. The van der Waals surface area contributed by atoms with Gasteiger partial charge >= 0.3 is 7.12 Å². The maximum Gasteiger partial charge on any atom is 0.491 e. The summed E-state index contributed by atoms with van der Waals surface area (Å²) in [7, 11) is -0.623. The monoisotopic (exact) mass is 293 g/mol. The summed E-state index contributed by atoms with van der Waals surface area (Å²) < 4.78 is 25.6. The number of nitrogens with two attached hydrogens (primary N) is 1. The van der Waals surface area contributed by atoms with Crippen molar-refractivity contribution < 1.29 is 18.8 Å². The summed E-state index contributed by atoms with van der Waals surface area (Å²) in [6.45, 7) is 7.93. The summed E-state index contributed by atoms with van der Waals surface area (Å²) in [5.74, 6) is -0.441. The Hall–Kier alpha value is -1.37. The minimum absolute atomic E-state index is 0.00654. The van der Waals surface area contributed by atoms with Crippen LogP contribution in [0.1, 0.15) is 33.3 Å². The highest BCUT2D eigenvalue weighted by Crippen LogP contribution is 2.38. The van der Waals surface area contributed by atoms with Crippen molar-refractivity contribution in [2.45, 2.75) is 38.9 Å². The van der Waals surface area contributed by atoms with Crippen molar-refractivity contribution in [3.05, 3.63) is 35.1 Å². The topological polar surface area (TPSA) is 64.7 Å². The molecule has 0 amide bonds. The number of hydrogen-bond acceptors (Lipinski definition) is 4. The number of benzene rings is 1. The molecule has 1 saturated heterocycles. The number of hydrogen-bond donors (Lipinski definition) is 2. The second-order valence-corrected chi connectivity index (χ2v) is 6.22. The van der Waals surface area contributed by atoms with Crippen molar-refractivity contribution in [3.63, 3.8) is 0 Å². The van der Waals surface area contributed by atoms with Crippen molar-refractivity contribution in [2.75, 3.05) is 6.54 Å². The fourth-order valence-electron chi connectivity index (χ4n) is 2.06. The van der Waals surface area contributed by atoms with Crippen molar-refractivity contribution in [1.29, 1.82) is 0 Å². The first-order chi connectivity index (χ1) is 9.66. The van der Waals surface area contributed by atoms with Crippen LogP contribution in [0.4, 0.5) is 4.39 Å². The quantitative estimate of drug-likeness (QED) is 0.840. The first-order valence-electron chi connectivity index (χ1n) is 6.91. The third-order valence-corrected chi connectivity index (χ3v) is 4.11. The lowest BCUT2D eigenvalue weighted by Gasteiger charge is -2.32. The molecule has 0 saturated carbocycles. The smallest absolute Gasteiger partial charge is 0.491 e. The van der Waals surface area contributed by atoms with Gasteiger partial charge in [-0.15, -0.1) is 0 Å². The molecule has 4 nitrogen and oxygen atoms in total. The lowest BCUT2D eigenvalue weighted by molar-refractivity contribution is 0.00578. The number of phenolic OH excluding ortho intramolecular Hbond substituents is 1. The van der Waals surface area contributed by atoms with E-state index in [4.69, 9.17) is 15.0 Å². The molecule has 0 spiro atoms. The Kier molecular flexibility index (Phi) is 4.15. The maximum absolute atomic E-state index is 13.8. The molecule has 1 aromatic carbocycles. The number of rotatable bonds is 3. The van der Waals surface area contributed by atoms with Gasteiger partial charge in [0.1, 0.15) is 11.6 Å². The molecule has 0 unspecified atom stereocenters. The fraction of sp³-hybridized carbons (Fsp3) is 0.467. The molecule has 1 aliphatic heterocycles. The van der Waals surface area contributed by atoms with E-state index in [-0.39, 0.29) is 17.9 Å². The molecule has 0 aromatic heterocycles. The van der Waals surface area contributed by atoms with Gasteiger partial charge in [0.2, 0.25) is 0 Å². The van der Waals surface area contributed by atoms with E-state index in [1.165, 1.54) is 18.2 Å². The molecule has 21 heavy (non-hydrogen) atoms. The highest BCUT2D eigenvalue weighted by atomic mass is 19.1. The minimum Gasteiger partial charge on any atom is -0.508 e. The van der Waals surface area contributed by atoms with Crippen molar-refractivity contribution in [2.24, 2.45) is 5.73 Å².